The van der Waals surface area contributed by atoms with Crippen LogP contribution in [0.25, 0.3) is 0 Å². The van der Waals surface area contributed by atoms with Crippen LogP contribution in [-0.2, 0) is 18.3 Å². The van der Waals surface area contributed by atoms with E-state index in [1.807, 2.05) is 0 Å². The van der Waals surface area contributed by atoms with Crippen LogP contribution in [0.15, 0.2) is 12.3 Å². The van der Waals surface area contributed by atoms with Crippen molar-refractivity contribution >= 4 is 8.56 Å². The number of hydrogen-bond acceptors (Lipinski definition) is 4. The third-order valence-electron chi connectivity index (χ3n) is 5.62. The smallest absolute Gasteiger partial charge is 0.349 e. The van der Waals surface area contributed by atoms with Gasteiger partial charge in [-0.2, -0.15) is 0 Å². The van der Waals surface area contributed by atoms with E-state index in [1.165, 1.54) is 0 Å². The molecule has 5 heteroatoms. The molecule has 0 spiro atoms. The van der Waals surface area contributed by atoms with E-state index < -0.39 is 8.56 Å². The van der Waals surface area contributed by atoms with E-state index in [0.29, 0.717) is 6.61 Å². The highest BCUT2D eigenvalue weighted by Gasteiger charge is 2.63. The van der Waals surface area contributed by atoms with Gasteiger partial charge in [0.05, 0.1) is 18.5 Å². The van der Waals surface area contributed by atoms with Gasteiger partial charge in [0, 0.05) is 22.4 Å². The molecule has 132 valence electrons. The third kappa shape index (κ3) is 2.60. The Morgan fingerprint density at radius 1 is 1.00 bits per heavy atom. The van der Waals surface area contributed by atoms with Crippen molar-refractivity contribution < 1.29 is 18.3 Å². The SMILES string of the molecule is C=C1O[C@H]2C[C@H]3O[Si](C(C)(C)C)(C(C)(C)C)OC[C@H]3O[C@H]2[C@@H]1C. The maximum Gasteiger partial charge on any atom is 0.349 e. The molecule has 0 amide bonds. The predicted molar refractivity (Wildman–Crippen MR) is 92.5 cm³/mol. The fourth-order valence-corrected chi connectivity index (χ4v) is 9.53. The summed E-state index contributed by atoms with van der Waals surface area (Å²) in [5.41, 5.74) is 0. The monoisotopic (exact) mass is 340 g/mol. The van der Waals surface area contributed by atoms with Crippen LogP contribution in [-0.4, -0.2) is 39.6 Å². The zero-order valence-electron chi connectivity index (χ0n) is 15.6. The first-order chi connectivity index (χ1) is 10.5. The molecule has 0 saturated carbocycles. The molecule has 0 unspecified atom stereocenters. The lowest BCUT2D eigenvalue weighted by atomic mass is 9.93. The van der Waals surface area contributed by atoms with Gasteiger partial charge in [-0.3, -0.25) is 0 Å². The van der Waals surface area contributed by atoms with Gasteiger partial charge in [-0.15, -0.1) is 0 Å². The molecule has 23 heavy (non-hydrogen) atoms. The molecular weight excluding hydrogens is 308 g/mol. The summed E-state index contributed by atoms with van der Waals surface area (Å²) in [6.45, 7) is 20.2. The van der Waals surface area contributed by atoms with Gasteiger partial charge < -0.3 is 18.3 Å². The molecule has 0 aromatic rings. The molecule has 0 aromatic carbocycles. The molecule has 3 saturated heterocycles. The number of rotatable bonds is 0. The fraction of sp³-hybridized carbons (Fsp3) is 0.889. The standard InChI is InChI=1S/C18H32O4Si/c1-11-12(2)20-14-9-13-15(21-16(11)14)10-19-23(22-13,17(3,4)5)18(6,7)8/h11,13-16H,2,9-10H2,1,3-8H3/t11-,13-,14+,15-,16+/m1/s1. The zero-order valence-corrected chi connectivity index (χ0v) is 16.6. The molecule has 3 aliphatic rings. The number of hydrogen-bond donors (Lipinski definition) is 0. The van der Waals surface area contributed by atoms with Crippen LogP contribution in [0.1, 0.15) is 54.9 Å². The van der Waals surface area contributed by atoms with Gasteiger partial charge >= 0.3 is 8.56 Å². The Labute approximate surface area is 141 Å². The normalized spacial score (nSPS) is 40.3. The summed E-state index contributed by atoms with van der Waals surface area (Å²) in [5, 5.41) is 0.000973. The van der Waals surface area contributed by atoms with E-state index >= 15 is 0 Å². The Kier molecular flexibility index (Phi) is 4.03. The van der Waals surface area contributed by atoms with Gasteiger partial charge in [-0.05, 0) is 0 Å². The van der Waals surface area contributed by atoms with Crippen LogP contribution >= 0.6 is 0 Å². The maximum atomic E-state index is 6.77. The van der Waals surface area contributed by atoms with Crippen molar-refractivity contribution in [3.8, 4) is 0 Å². The summed E-state index contributed by atoms with van der Waals surface area (Å²) in [6.07, 6.45) is 1.12. The van der Waals surface area contributed by atoms with Crippen LogP contribution in [0, 0.1) is 5.92 Å². The van der Waals surface area contributed by atoms with Crippen molar-refractivity contribution in [1.82, 2.24) is 0 Å². The van der Waals surface area contributed by atoms with Crippen molar-refractivity contribution in [2.75, 3.05) is 6.61 Å². The zero-order chi connectivity index (χ0) is 17.2. The Morgan fingerprint density at radius 3 is 2.17 bits per heavy atom. The topological polar surface area (TPSA) is 36.9 Å². The van der Waals surface area contributed by atoms with E-state index in [4.69, 9.17) is 18.3 Å². The van der Waals surface area contributed by atoms with E-state index in [9.17, 15) is 0 Å². The molecule has 0 aliphatic carbocycles. The first-order valence-electron chi connectivity index (χ1n) is 8.79. The summed E-state index contributed by atoms with van der Waals surface area (Å²) in [7, 11) is -2.43. The first-order valence-corrected chi connectivity index (χ1v) is 10.6. The maximum absolute atomic E-state index is 6.77. The van der Waals surface area contributed by atoms with Gasteiger partial charge in [0.25, 0.3) is 0 Å². The molecule has 4 nitrogen and oxygen atoms in total. The van der Waals surface area contributed by atoms with Crippen molar-refractivity contribution in [3.63, 3.8) is 0 Å². The van der Waals surface area contributed by atoms with Crippen molar-refractivity contribution in [1.29, 1.82) is 0 Å². The summed E-state index contributed by atoms with van der Waals surface area (Å²) >= 11 is 0. The highest BCUT2D eigenvalue weighted by molar-refractivity contribution is 6.73. The van der Waals surface area contributed by atoms with Gasteiger partial charge in [-0.25, -0.2) is 0 Å². The van der Waals surface area contributed by atoms with Crippen LogP contribution in [0.5, 0.6) is 0 Å². The number of ether oxygens (including phenoxy) is 2. The minimum atomic E-state index is -2.43. The Morgan fingerprint density at radius 2 is 1.61 bits per heavy atom. The molecule has 3 heterocycles. The molecule has 0 radical (unpaired) electrons. The Bertz CT molecular complexity index is 476. The van der Waals surface area contributed by atoms with Gasteiger partial charge in [-0.1, -0.05) is 55.0 Å². The van der Waals surface area contributed by atoms with Gasteiger partial charge in [0.2, 0.25) is 0 Å². The van der Waals surface area contributed by atoms with Crippen LogP contribution in [0.3, 0.4) is 0 Å². The van der Waals surface area contributed by atoms with Crippen molar-refractivity contribution in [2.24, 2.45) is 5.92 Å². The molecule has 0 bridgehead atoms. The first kappa shape index (κ1) is 17.5. The molecule has 3 fully saturated rings. The summed E-state index contributed by atoms with van der Waals surface area (Å²) < 4.78 is 25.5. The van der Waals surface area contributed by atoms with Crippen molar-refractivity contribution in [3.05, 3.63) is 12.3 Å². The minimum Gasteiger partial charge on any atom is -0.492 e. The van der Waals surface area contributed by atoms with Gasteiger partial charge in [0.15, 0.2) is 0 Å². The van der Waals surface area contributed by atoms with Crippen LogP contribution in [0.2, 0.25) is 10.1 Å². The minimum absolute atomic E-state index is 0.000487. The number of fused-ring (bicyclic) bond motifs is 2. The highest BCUT2D eigenvalue weighted by Crippen LogP contribution is 2.55. The molecule has 5 atom stereocenters. The second-order valence-electron chi connectivity index (χ2n) is 9.37. The molecule has 0 aromatic heterocycles. The fourth-order valence-electron chi connectivity index (χ4n) is 4.56. The summed E-state index contributed by atoms with van der Waals surface area (Å²) in [6, 6.07) is 0. The molecule has 0 N–H and O–H groups in total. The average Bonchev–Trinajstić information content (AvgIpc) is 2.68. The molecule has 3 aliphatic heterocycles. The largest absolute Gasteiger partial charge is 0.492 e. The Hall–Kier alpha value is -0.363. The second kappa shape index (κ2) is 5.32. The summed E-state index contributed by atoms with van der Waals surface area (Å²) in [5.74, 6) is 1.09. The lowest BCUT2D eigenvalue weighted by Crippen LogP contribution is -2.67. The average molecular weight is 341 g/mol. The van der Waals surface area contributed by atoms with Crippen LogP contribution < -0.4 is 0 Å². The highest BCUT2D eigenvalue weighted by atomic mass is 28.4. The molecule has 3 rings (SSSR count). The lowest BCUT2D eigenvalue weighted by Gasteiger charge is -2.56. The van der Waals surface area contributed by atoms with Crippen molar-refractivity contribution in [2.45, 2.75) is 89.4 Å². The quantitative estimate of drug-likeness (QED) is 0.621. The lowest BCUT2D eigenvalue weighted by molar-refractivity contribution is -0.189. The summed E-state index contributed by atoms with van der Waals surface area (Å²) in [4.78, 5) is 0. The van der Waals surface area contributed by atoms with E-state index in [-0.39, 0.29) is 40.4 Å². The van der Waals surface area contributed by atoms with Gasteiger partial charge in [0.1, 0.15) is 18.3 Å². The molecular formula is C18H32O4Si. The van der Waals surface area contributed by atoms with Crippen LogP contribution in [0.4, 0.5) is 0 Å². The van der Waals surface area contributed by atoms with E-state index in [1.54, 1.807) is 0 Å². The van der Waals surface area contributed by atoms with E-state index in [0.717, 1.165) is 12.2 Å². The predicted octanol–water partition coefficient (Wildman–Crippen LogP) is 4.15. The Balaban J connectivity index is 1.85. The van der Waals surface area contributed by atoms with E-state index in [2.05, 4.69) is 55.0 Å². The third-order valence-corrected chi connectivity index (χ3v) is 10.8. The second-order valence-corrected chi connectivity index (χ2v) is 14.1.